The number of rotatable bonds is 2. The normalized spacial score (nSPS) is 11.9. The van der Waals surface area contributed by atoms with Gasteiger partial charge in [-0.25, -0.2) is 26.8 Å². The molecular weight excluding hydrogens is 338 g/mol. The quantitative estimate of drug-likeness (QED) is 0.290. The second kappa shape index (κ2) is 6.16. The summed E-state index contributed by atoms with van der Waals surface area (Å²) in [5.74, 6) is 0. The Balaban J connectivity index is 0.00000180. The Kier molecular flexibility index (Phi) is 6.23. The Labute approximate surface area is 155 Å². The second-order valence-electron chi connectivity index (χ2n) is 3.10. The SMILES string of the molecule is O=c1nc2c(S(=O)(=O)[O-])c(S(=O)(=O)[O-])nc-2c1=O.[Na+].[Na+]. The van der Waals surface area contributed by atoms with Gasteiger partial charge in [-0.15, -0.1) is 0 Å². The van der Waals surface area contributed by atoms with Crippen LogP contribution in [0, 0.1) is 0 Å². The van der Waals surface area contributed by atoms with E-state index in [1.165, 1.54) is 0 Å². The molecular formula is C6N2Na2O8S2. The van der Waals surface area contributed by atoms with E-state index in [0.29, 0.717) is 0 Å². The minimum Gasteiger partial charge on any atom is -0.744 e. The molecule has 0 saturated heterocycles. The molecule has 0 fully saturated rings. The van der Waals surface area contributed by atoms with E-state index < -0.39 is 52.5 Å². The van der Waals surface area contributed by atoms with Gasteiger partial charge in [0.25, 0.3) is 5.43 Å². The third kappa shape index (κ3) is 3.35. The molecule has 2 heterocycles. The van der Waals surface area contributed by atoms with E-state index in [4.69, 9.17) is 0 Å². The van der Waals surface area contributed by atoms with Gasteiger partial charge in [-0.05, 0) is 0 Å². The average molecular weight is 338 g/mol. The van der Waals surface area contributed by atoms with E-state index in [0.717, 1.165) is 0 Å². The summed E-state index contributed by atoms with van der Waals surface area (Å²) in [7, 11) is -10.8. The van der Waals surface area contributed by atoms with Crippen molar-refractivity contribution >= 4 is 20.2 Å². The van der Waals surface area contributed by atoms with E-state index in [1.807, 2.05) is 0 Å². The van der Waals surface area contributed by atoms with E-state index in [2.05, 4.69) is 9.97 Å². The zero-order valence-electron chi connectivity index (χ0n) is 9.98. The molecule has 0 aromatic carbocycles. The maximum atomic E-state index is 11.1. The van der Waals surface area contributed by atoms with Crippen LogP contribution in [0.3, 0.4) is 0 Å². The third-order valence-electron chi connectivity index (χ3n) is 1.96. The van der Waals surface area contributed by atoms with Crippen LogP contribution in [0.2, 0.25) is 0 Å². The molecule has 14 heteroatoms. The fourth-order valence-corrected chi connectivity index (χ4v) is 3.10. The zero-order valence-corrected chi connectivity index (χ0v) is 15.6. The summed E-state index contributed by atoms with van der Waals surface area (Å²) >= 11 is 0. The summed E-state index contributed by atoms with van der Waals surface area (Å²) in [5, 5.41) is -1.62. The molecule has 2 aliphatic rings. The first-order valence-corrected chi connectivity index (χ1v) is 6.78. The Morgan fingerprint density at radius 2 is 1.30 bits per heavy atom. The molecule has 0 aromatic rings. The molecule has 2 aliphatic heterocycles. The van der Waals surface area contributed by atoms with Crippen molar-refractivity contribution in [3.8, 4) is 11.4 Å². The Morgan fingerprint density at radius 3 is 1.70 bits per heavy atom. The molecule has 0 unspecified atom stereocenters. The van der Waals surface area contributed by atoms with Crippen molar-refractivity contribution in [1.82, 2.24) is 9.97 Å². The summed E-state index contributed by atoms with van der Waals surface area (Å²) < 4.78 is 64.8. The van der Waals surface area contributed by atoms with E-state index in [1.54, 1.807) is 0 Å². The Bertz CT molecular complexity index is 911. The van der Waals surface area contributed by atoms with Crippen LogP contribution in [-0.4, -0.2) is 35.9 Å². The second-order valence-corrected chi connectivity index (χ2v) is 5.71. The number of hydrogen-bond donors (Lipinski definition) is 0. The molecule has 20 heavy (non-hydrogen) atoms. The summed E-state index contributed by atoms with van der Waals surface area (Å²) in [4.78, 5) is 26.2. The summed E-state index contributed by atoms with van der Waals surface area (Å²) in [6.07, 6.45) is 0. The molecule has 0 N–H and O–H groups in total. The number of hydrogen-bond acceptors (Lipinski definition) is 10. The zero-order chi connectivity index (χ0) is 13.9. The van der Waals surface area contributed by atoms with Crippen molar-refractivity contribution in [2.75, 3.05) is 0 Å². The van der Waals surface area contributed by atoms with Gasteiger partial charge in [-0.2, -0.15) is 0 Å². The topological polar surface area (TPSA) is 174 Å². The molecule has 0 aliphatic carbocycles. The predicted octanol–water partition coefficient (Wildman–Crippen LogP) is -9.01. The molecule has 96 valence electrons. The standard InChI is InChI=1S/C6H2N2O8S2.2Na/c9-3-1-2(7-5(3)10)4(17(11,12)13)6(8-1)18(14,15)16;;/h(H,11,12,13)(H,14,15,16);;/q;2*+1/p-2. The number of nitrogens with zero attached hydrogens (tertiary/aromatic N) is 2. The summed E-state index contributed by atoms with van der Waals surface area (Å²) in [5.41, 5.74) is -4.70. The first-order chi connectivity index (χ1) is 8.03. The summed E-state index contributed by atoms with van der Waals surface area (Å²) in [6.45, 7) is 0. The van der Waals surface area contributed by atoms with Gasteiger partial charge in [0.1, 0.15) is 36.5 Å². The van der Waals surface area contributed by atoms with Crippen LogP contribution in [0.5, 0.6) is 0 Å². The monoisotopic (exact) mass is 338 g/mol. The number of fused-ring (bicyclic) bond motifs is 1. The molecule has 0 bridgehead atoms. The smallest absolute Gasteiger partial charge is 0.744 e. The molecule has 0 saturated carbocycles. The van der Waals surface area contributed by atoms with Crippen molar-refractivity contribution in [2.24, 2.45) is 0 Å². The van der Waals surface area contributed by atoms with Crippen LogP contribution in [0.15, 0.2) is 19.5 Å². The van der Waals surface area contributed by atoms with Crippen molar-refractivity contribution in [3.05, 3.63) is 20.6 Å². The van der Waals surface area contributed by atoms with Crippen molar-refractivity contribution < 1.29 is 85.1 Å². The molecule has 0 aromatic heterocycles. The molecule has 0 spiro atoms. The maximum absolute atomic E-state index is 11.1. The first-order valence-electron chi connectivity index (χ1n) is 3.96. The molecule has 0 atom stereocenters. The molecule has 0 radical (unpaired) electrons. The van der Waals surface area contributed by atoms with Gasteiger partial charge in [0.15, 0.2) is 5.03 Å². The Hall–Kier alpha value is 0.240. The minimum atomic E-state index is -5.44. The predicted molar refractivity (Wildman–Crippen MR) is 49.5 cm³/mol. The molecule has 10 nitrogen and oxygen atoms in total. The summed E-state index contributed by atoms with van der Waals surface area (Å²) in [6, 6.07) is 0. The van der Waals surface area contributed by atoms with Crippen molar-refractivity contribution in [3.63, 3.8) is 0 Å². The van der Waals surface area contributed by atoms with Crippen LogP contribution >= 0.6 is 0 Å². The van der Waals surface area contributed by atoms with Crippen LogP contribution in [0.25, 0.3) is 11.4 Å². The van der Waals surface area contributed by atoms with Crippen LogP contribution in [-0.2, 0) is 20.2 Å². The van der Waals surface area contributed by atoms with Crippen molar-refractivity contribution in [2.45, 2.75) is 9.92 Å². The van der Waals surface area contributed by atoms with E-state index >= 15 is 0 Å². The van der Waals surface area contributed by atoms with Gasteiger partial charge < -0.3 is 9.11 Å². The first kappa shape index (κ1) is 20.2. The van der Waals surface area contributed by atoms with Crippen LogP contribution in [0.1, 0.15) is 0 Å². The van der Waals surface area contributed by atoms with Gasteiger partial charge in [0.05, 0.1) is 0 Å². The van der Waals surface area contributed by atoms with Crippen LogP contribution in [0.4, 0.5) is 0 Å². The van der Waals surface area contributed by atoms with Gasteiger partial charge >= 0.3 is 64.7 Å². The largest absolute Gasteiger partial charge is 1.00 e. The molecule has 0 amide bonds. The third-order valence-corrected chi connectivity index (χ3v) is 3.74. The fraction of sp³-hybridized carbons (Fsp3) is 0. The van der Waals surface area contributed by atoms with Gasteiger partial charge in [0.2, 0.25) is 0 Å². The Morgan fingerprint density at radius 1 is 0.800 bits per heavy atom. The fourth-order valence-electron chi connectivity index (χ4n) is 1.32. The van der Waals surface area contributed by atoms with Crippen LogP contribution < -0.4 is 70.1 Å². The number of aromatic nitrogens is 2. The van der Waals surface area contributed by atoms with Crippen molar-refractivity contribution in [1.29, 1.82) is 0 Å². The van der Waals surface area contributed by atoms with E-state index in [-0.39, 0.29) is 59.1 Å². The van der Waals surface area contributed by atoms with Gasteiger partial charge in [-0.3, -0.25) is 9.59 Å². The average Bonchev–Trinajstić information content (AvgIpc) is 2.64. The van der Waals surface area contributed by atoms with Gasteiger partial charge in [0, 0.05) is 0 Å². The minimum absolute atomic E-state index is 0. The maximum Gasteiger partial charge on any atom is 1.00 e. The van der Waals surface area contributed by atoms with E-state index in [9.17, 15) is 35.5 Å². The molecule has 2 rings (SSSR count). The van der Waals surface area contributed by atoms with Gasteiger partial charge in [-0.1, -0.05) is 0 Å².